The van der Waals surface area contributed by atoms with Gasteiger partial charge in [0.2, 0.25) is 15.9 Å². The number of carbonyl (C=O) groups excluding carboxylic acids is 1. The molecule has 0 unspecified atom stereocenters. The molecular formula is C22H20BrClN2O3S2. The van der Waals surface area contributed by atoms with Gasteiger partial charge in [0, 0.05) is 20.9 Å². The van der Waals surface area contributed by atoms with Gasteiger partial charge in [-0.1, -0.05) is 57.9 Å². The molecule has 0 saturated carbocycles. The van der Waals surface area contributed by atoms with E-state index in [2.05, 4.69) is 21.2 Å². The second-order valence-electron chi connectivity index (χ2n) is 6.57. The van der Waals surface area contributed by atoms with Crippen LogP contribution in [0.2, 0.25) is 5.02 Å². The van der Waals surface area contributed by atoms with E-state index in [0.717, 1.165) is 13.7 Å². The fourth-order valence-electron chi connectivity index (χ4n) is 2.90. The minimum Gasteiger partial charge on any atom is -0.324 e. The number of hydrogen-bond acceptors (Lipinski definition) is 4. The van der Waals surface area contributed by atoms with Crippen molar-refractivity contribution in [1.82, 2.24) is 4.31 Å². The minimum atomic E-state index is -3.95. The SMILES string of the molecule is CSc1ccccc1NC(=O)CN(Cc1ccccc1Cl)S(=O)(=O)c1ccc(Br)cc1. The van der Waals surface area contributed by atoms with Crippen molar-refractivity contribution in [1.29, 1.82) is 0 Å². The Morgan fingerprint density at radius 1 is 1.03 bits per heavy atom. The minimum absolute atomic E-state index is 0.0321. The molecule has 0 aromatic heterocycles. The number of thioether (sulfide) groups is 1. The second kappa shape index (κ2) is 10.7. The molecule has 0 atom stereocenters. The van der Waals surface area contributed by atoms with Gasteiger partial charge in [-0.3, -0.25) is 4.79 Å². The number of hydrogen-bond donors (Lipinski definition) is 1. The number of anilines is 1. The molecule has 0 aliphatic rings. The number of amides is 1. The summed E-state index contributed by atoms with van der Waals surface area (Å²) in [4.78, 5) is 13.8. The molecule has 0 bridgehead atoms. The molecule has 162 valence electrons. The lowest BCUT2D eigenvalue weighted by Crippen LogP contribution is -2.37. The normalized spacial score (nSPS) is 11.5. The van der Waals surface area contributed by atoms with E-state index in [1.54, 1.807) is 42.5 Å². The zero-order valence-electron chi connectivity index (χ0n) is 16.6. The smallest absolute Gasteiger partial charge is 0.243 e. The van der Waals surface area contributed by atoms with Gasteiger partial charge in [-0.25, -0.2) is 8.42 Å². The van der Waals surface area contributed by atoms with Gasteiger partial charge < -0.3 is 5.32 Å². The maximum absolute atomic E-state index is 13.4. The highest BCUT2D eigenvalue weighted by Crippen LogP contribution is 2.26. The number of rotatable bonds is 8. The molecule has 5 nitrogen and oxygen atoms in total. The van der Waals surface area contributed by atoms with Gasteiger partial charge in [0.1, 0.15) is 0 Å². The highest BCUT2D eigenvalue weighted by Gasteiger charge is 2.27. The van der Waals surface area contributed by atoms with E-state index in [9.17, 15) is 13.2 Å². The van der Waals surface area contributed by atoms with Crippen LogP contribution in [0.3, 0.4) is 0 Å². The van der Waals surface area contributed by atoms with Crippen LogP contribution < -0.4 is 5.32 Å². The fourth-order valence-corrected chi connectivity index (χ4v) is 5.28. The molecule has 0 radical (unpaired) electrons. The van der Waals surface area contributed by atoms with Gasteiger partial charge in [-0.2, -0.15) is 4.31 Å². The number of benzene rings is 3. The number of sulfonamides is 1. The lowest BCUT2D eigenvalue weighted by atomic mass is 10.2. The predicted octanol–water partition coefficient (Wildman–Crippen LogP) is 5.65. The second-order valence-corrected chi connectivity index (χ2v) is 10.7. The zero-order chi connectivity index (χ0) is 22.4. The quantitative estimate of drug-likeness (QED) is 0.376. The van der Waals surface area contributed by atoms with E-state index in [0.29, 0.717) is 16.3 Å². The Morgan fingerprint density at radius 3 is 2.35 bits per heavy atom. The average Bonchev–Trinajstić information content (AvgIpc) is 2.75. The molecule has 0 aliphatic heterocycles. The summed E-state index contributed by atoms with van der Waals surface area (Å²) >= 11 is 11.1. The van der Waals surface area contributed by atoms with Gasteiger partial charge >= 0.3 is 0 Å². The molecule has 3 aromatic rings. The van der Waals surface area contributed by atoms with Gasteiger partial charge in [-0.15, -0.1) is 11.8 Å². The van der Waals surface area contributed by atoms with Crippen LogP contribution in [-0.4, -0.2) is 31.4 Å². The van der Waals surface area contributed by atoms with Gasteiger partial charge in [0.05, 0.1) is 17.1 Å². The topological polar surface area (TPSA) is 66.5 Å². The first-order chi connectivity index (χ1) is 14.8. The summed E-state index contributed by atoms with van der Waals surface area (Å²) in [6.45, 7) is -0.387. The van der Waals surface area contributed by atoms with Crippen LogP contribution in [0, 0.1) is 0 Å². The van der Waals surface area contributed by atoms with E-state index in [1.165, 1.54) is 23.9 Å². The molecule has 0 heterocycles. The molecular weight excluding hydrogens is 520 g/mol. The Bertz CT molecular complexity index is 1170. The summed E-state index contributed by atoms with van der Waals surface area (Å²) in [6, 6.07) is 20.6. The van der Waals surface area contributed by atoms with Gasteiger partial charge in [0.15, 0.2) is 0 Å². The van der Waals surface area contributed by atoms with Crippen LogP contribution in [0.25, 0.3) is 0 Å². The third kappa shape index (κ3) is 6.11. The molecule has 0 fully saturated rings. The first kappa shape index (κ1) is 23.8. The van der Waals surface area contributed by atoms with Crippen molar-refractivity contribution < 1.29 is 13.2 Å². The first-order valence-corrected chi connectivity index (χ1v) is 13.1. The van der Waals surface area contributed by atoms with Crippen molar-refractivity contribution in [3.63, 3.8) is 0 Å². The monoisotopic (exact) mass is 538 g/mol. The van der Waals surface area contributed by atoms with E-state index in [-0.39, 0.29) is 18.0 Å². The van der Waals surface area contributed by atoms with Crippen molar-refractivity contribution in [3.05, 3.63) is 87.9 Å². The van der Waals surface area contributed by atoms with Gasteiger partial charge in [-0.05, 0) is 54.3 Å². The Morgan fingerprint density at radius 2 is 1.68 bits per heavy atom. The van der Waals surface area contributed by atoms with Gasteiger partial charge in [0.25, 0.3) is 0 Å². The first-order valence-electron chi connectivity index (χ1n) is 9.23. The average molecular weight is 540 g/mol. The van der Waals surface area contributed by atoms with Crippen LogP contribution in [-0.2, 0) is 21.4 Å². The van der Waals surface area contributed by atoms with Crippen molar-refractivity contribution >= 4 is 60.9 Å². The van der Waals surface area contributed by atoms with Crippen molar-refractivity contribution in [2.45, 2.75) is 16.3 Å². The maximum atomic E-state index is 13.4. The van der Waals surface area contributed by atoms with Crippen molar-refractivity contribution in [3.8, 4) is 0 Å². The Kier molecular flexibility index (Phi) is 8.18. The van der Waals surface area contributed by atoms with E-state index < -0.39 is 15.9 Å². The molecule has 31 heavy (non-hydrogen) atoms. The Labute approximate surface area is 200 Å². The number of nitrogens with zero attached hydrogens (tertiary/aromatic N) is 1. The van der Waals surface area contributed by atoms with Crippen LogP contribution in [0.5, 0.6) is 0 Å². The number of para-hydroxylation sites is 1. The lowest BCUT2D eigenvalue weighted by molar-refractivity contribution is -0.116. The Hall–Kier alpha value is -1.84. The lowest BCUT2D eigenvalue weighted by Gasteiger charge is -2.23. The number of halogens is 2. The molecule has 1 N–H and O–H groups in total. The highest BCUT2D eigenvalue weighted by molar-refractivity contribution is 9.10. The highest BCUT2D eigenvalue weighted by atomic mass is 79.9. The molecule has 3 rings (SSSR count). The zero-order valence-corrected chi connectivity index (χ0v) is 20.6. The fraction of sp³-hybridized carbons (Fsp3) is 0.136. The van der Waals surface area contributed by atoms with E-state index in [1.807, 2.05) is 24.5 Å². The summed E-state index contributed by atoms with van der Waals surface area (Å²) < 4.78 is 28.6. The molecule has 1 amide bonds. The molecule has 9 heteroatoms. The summed E-state index contributed by atoms with van der Waals surface area (Å²) in [5.74, 6) is -0.436. The summed E-state index contributed by atoms with van der Waals surface area (Å²) in [6.07, 6.45) is 1.91. The van der Waals surface area contributed by atoms with Crippen LogP contribution in [0.1, 0.15) is 5.56 Å². The third-order valence-electron chi connectivity index (χ3n) is 4.46. The summed E-state index contributed by atoms with van der Waals surface area (Å²) in [5.41, 5.74) is 1.25. The maximum Gasteiger partial charge on any atom is 0.243 e. The number of nitrogens with one attached hydrogen (secondary N) is 1. The molecule has 3 aromatic carbocycles. The van der Waals surface area contributed by atoms with Crippen molar-refractivity contribution in [2.24, 2.45) is 0 Å². The predicted molar refractivity (Wildman–Crippen MR) is 130 cm³/mol. The van der Waals surface area contributed by atoms with E-state index in [4.69, 9.17) is 11.6 Å². The van der Waals surface area contributed by atoms with Crippen LogP contribution >= 0.6 is 39.3 Å². The van der Waals surface area contributed by atoms with E-state index >= 15 is 0 Å². The van der Waals surface area contributed by atoms with Crippen LogP contribution in [0.15, 0.2) is 87.1 Å². The molecule has 0 saturated heterocycles. The number of carbonyl (C=O) groups is 1. The standard InChI is InChI=1S/C22H20BrClN2O3S2/c1-30-21-9-5-4-8-20(21)25-22(27)15-26(14-16-6-2-3-7-19(16)24)31(28,29)18-12-10-17(23)11-13-18/h2-13H,14-15H2,1H3,(H,25,27). The Balaban J connectivity index is 1.91. The summed E-state index contributed by atoms with van der Waals surface area (Å²) in [5, 5.41) is 3.26. The third-order valence-corrected chi connectivity index (χ3v) is 7.96. The van der Waals surface area contributed by atoms with Crippen molar-refractivity contribution in [2.75, 3.05) is 18.1 Å². The molecule has 0 spiro atoms. The summed E-state index contributed by atoms with van der Waals surface area (Å²) in [7, 11) is -3.95. The largest absolute Gasteiger partial charge is 0.324 e. The van der Waals surface area contributed by atoms with Crippen LogP contribution in [0.4, 0.5) is 5.69 Å². The molecule has 0 aliphatic carbocycles.